The van der Waals surface area contributed by atoms with Gasteiger partial charge in [0.2, 0.25) is 0 Å². The van der Waals surface area contributed by atoms with Gasteiger partial charge in [0, 0.05) is 12.1 Å². The number of halogens is 3. The Balaban J connectivity index is 1.85. The molecule has 8 nitrogen and oxygen atoms in total. The second-order valence-corrected chi connectivity index (χ2v) is 7.45. The first-order valence-electron chi connectivity index (χ1n) is 10.2. The van der Waals surface area contributed by atoms with Crippen LogP contribution in [0.4, 0.5) is 18.9 Å². The Morgan fingerprint density at radius 1 is 1.06 bits per heavy atom. The maximum atomic E-state index is 13.3. The van der Waals surface area contributed by atoms with Crippen LogP contribution in [0, 0.1) is 0 Å². The quantitative estimate of drug-likeness (QED) is 0.613. The van der Waals surface area contributed by atoms with Gasteiger partial charge in [0.15, 0.2) is 0 Å². The van der Waals surface area contributed by atoms with E-state index in [0.29, 0.717) is 11.1 Å². The van der Waals surface area contributed by atoms with Crippen LogP contribution in [-0.2, 0) is 41.7 Å². The third kappa shape index (κ3) is 5.72. The average Bonchev–Trinajstić information content (AvgIpc) is 3.21. The number of anilines is 1. The van der Waals surface area contributed by atoms with E-state index in [9.17, 15) is 32.3 Å². The predicted molar refractivity (Wildman–Crippen MR) is 112 cm³/mol. The summed E-state index contributed by atoms with van der Waals surface area (Å²) < 4.78 is 48.6. The standard InChI is InChI=1S/C23H21F3N2O6/c1-33-21(31)18-11-15-9-5-6-10-17(15)28(18)20(30)16(27-22(32)23(24,25)26)12-19(29)34-13-14-7-3-2-4-8-14/h2-10,16,18H,11-13H2,1H3,(H,27,32)/t16-,18-/m0/s1. The third-order valence-corrected chi connectivity index (χ3v) is 5.16. The number of esters is 2. The maximum Gasteiger partial charge on any atom is 0.471 e. The number of rotatable bonds is 7. The molecule has 0 saturated carbocycles. The Hall–Kier alpha value is -3.89. The van der Waals surface area contributed by atoms with Crippen LogP contribution in [0.1, 0.15) is 17.5 Å². The number of hydrogen-bond donors (Lipinski definition) is 1. The molecule has 180 valence electrons. The molecule has 0 bridgehead atoms. The molecule has 2 aromatic carbocycles. The van der Waals surface area contributed by atoms with Crippen molar-refractivity contribution in [1.82, 2.24) is 5.32 Å². The molecule has 0 saturated heterocycles. The summed E-state index contributed by atoms with van der Waals surface area (Å²) in [6.07, 6.45) is -6.11. The molecule has 1 aliphatic rings. The molecular formula is C23H21F3N2O6. The summed E-state index contributed by atoms with van der Waals surface area (Å²) in [5.41, 5.74) is 1.47. The molecule has 3 rings (SSSR count). The lowest BCUT2D eigenvalue weighted by molar-refractivity contribution is -0.175. The normalized spacial score (nSPS) is 15.8. The summed E-state index contributed by atoms with van der Waals surface area (Å²) in [6, 6.07) is 11.8. The van der Waals surface area contributed by atoms with Gasteiger partial charge < -0.3 is 14.8 Å². The maximum absolute atomic E-state index is 13.3. The topological polar surface area (TPSA) is 102 Å². The van der Waals surface area contributed by atoms with Gasteiger partial charge in [-0.3, -0.25) is 19.3 Å². The van der Waals surface area contributed by atoms with E-state index >= 15 is 0 Å². The van der Waals surface area contributed by atoms with Crippen molar-refractivity contribution in [2.45, 2.75) is 37.7 Å². The molecule has 2 atom stereocenters. The van der Waals surface area contributed by atoms with Gasteiger partial charge in [-0.25, -0.2) is 4.79 Å². The minimum Gasteiger partial charge on any atom is -0.467 e. The lowest BCUT2D eigenvalue weighted by Crippen LogP contribution is -2.55. The highest BCUT2D eigenvalue weighted by Gasteiger charge is 2.45. The van der Waals surface area contributed by atoms with Crippen molar-refractivity contribution in [3.8, 4) is 0 Å². The Labute approximate surface area is 192 Å². The van der Waals surface area contributed by atoms with Gasteiger partial charge in [0.25, 0.3) is 5.91 Å². The van der Waals surface area contributed by atoms with Gasteiger partial charge in [-0.2, -0.15) is 13.2 Å². The van der Waals surface area contributed by atoms with E-state index in [1.54, 1.807) is 53.8 Å². The van der Waals surface area contributed by atoms with Gasteiger partial charge in [-0.05, 0) is 17.2 Å². The molecule has 1 aliphatic heterocycles. The predicted octanol–water partition coefficient (Wildman–Crippen LogP) is 2.30. The smallest absolute Gasteiger partial charge is 0.467 e. The van der Waals surface area contributed by atoms with Crippen LogP contribution >= 0.6 is 0 Å². The van der Waals surface area contributed by atoms with Crippen molar-refractivity contribution < 1.29 is 41.8 Å². The highest BCUT2D eigenvalue weighted by atomic mass is 19.4. The molecule has 0 aliphatic carbocycles. The minimum atomic E-state index is -5.29. The van der Waals surface area contributed by atoms with Gasteiger partial charge in [-0.1, -0.05) is 48.5 Å². The molecule has 11 heteroatoms. The highest BCUT2D eigenvalue weighted by Crippen LogP contribution is 2.33. The number of carbonyl (C=O) groups excluding carboxylic acids is 4. The van der Waals surface area contributed by atoms with E-state index in [2.05, 4.69) is 0 Å². The highest BCUT2D eigenvalue weighted by molar-refractivity contribution is 6.07. The van der Waals surface area contributed by atoms with Crippen molar-refractivity contribution >= 4 is 29.4 Å². The zero-order valence-electron chi connectivity index (χ0n) is 18.0. The van der Waals surface area contributed by atoms with Crippen LogP contribution in [0.3, 0.4) is 0 Å². The molecule has 34 heavy (non-hydrogen) atoms. The third-order valence-electron chi connectivity index (χ3n) is 5.16. The van der Waals surface area contributed by atoms with Crippen molar-refractivity contribution in [3.05, 3.63) is 65.7 Å². The second-order valence-electron chi connectivity index (χ2n) is 7.45. The number of amides is 2. The van der Waals surface area contributed by atoms with E-state index in [4.69, 9.17) is 9.47 Å². The van der Waals surface area contributed by atoms with Gasteiger partial charge in [0.1, 0.15) is 18.7 Å². The molecule has 2 amide bonds. The van der Waals surface area contributed by atoms with Crippen molar-refractivity contribution in [3.63, 3.8) is 0 Å². The average molecular weight is 478 g/mol. The zero-order chi connectivity index (χ0) is 24.9. The van der Waals surface area contributed by atoms with Crippen LogP contribution in [0.25, 0.3) is 0 Å². The summed E-state index contributed by atoms with van der Waals surface area (Å²) in [6.45, 7) is -0.175. The van der Waals surface area contributed by atoms with Gasteiger partial charge in [0.05, 0.1) is 13.5 Å². The molecule has 0 fully saturated rings. The molecule has 1 heterocycles. The minimum absolute atomic E-state index is 0.0625. The van der Waals surface area contributed by atoms with Crippen LogP contribution in [-0.4, -0.2) is 49.1 Å². The summed E-state index contributed by atoms with van der Waals surface area (Å²) in [5, 5.41) is 1.56. The van der Waals surface area contributed by atoms with Gasteiger partial charge in [-0.15, -0.1) is 0 Å². The number of nitrogens with zero attached hydrogens (tertiary/aromatic N) is 1. The van der Waals surface area contributed by atoms with E-state index < -0.39 is 48.4 Å². The number of benzene rings is 2. The number of carbonyl (C=O) groups is 4. The molecule has 0 radical (unpaired) electrons. The summed E-state index contributed by atoms with van der Waals surface area (Å²) in [5.74, 6) is -5.28. The Morgan fingerprint density at radius 3 is 2.35 bits per heavy atom. The van der Waals surface area contributed by atoms with Crippen LogP contribution < -0.4 is 10.2 Å². The van der Waals surface area contributed by atoms with Crippen LogP contribution in [0.5, 0.6) is 0 Å². The number of ether oxygens (including phenoxy) is 2. The SMILES string of the molecule is COC(=O)[C@@H]1Cc2ccccc2N1C(=O)[C@H](CC(=O)OCc1ccccc1)NC(=O)C(F)(F)F. The molecular weight excluding hydrogens is 457 g/mol. The zero-order valence-corrected chi connectivity index (χ0v) is 18.0. The van der Waals surface area contributed by atoms with Crippen LogP contribution in [0.15, 0.2) is 54.6 Å². The Bertz CT molecular complexity index is 1070. The van der Waals surface area contributed by atoms with Crippen molar-refractivity contribution in [2.75, 3.05) is 12.0 Å². The molecule has 2 aromatic rings. The fraction of sp³-hybridized carbons (Fsp3) is 0.304. The summed E-state index contributed by atoms with van der Waals surface area (Å²) >= 11 is 0. The monoisotopic (exact) mass is 478 g/mol. The largest absolute Gasteiger partial charge is 0.471 e. The number of nitrogens with one attached hydrogen (secondary N) is 1. The van der Waals surface area contributed by atoms with E-state index in [1.165, 1.54) is 6.07 Å². The Morgan fingerprint density at radius 2 is 1.71 bits per heavy atom. The summed E-state index contributed by atoms with van der Waals surface area (Å²) in [7, 11) is 1.11. The summed E-state index contributed by atoms with van der Waals surface area (Å²) in [4.78, 5) is 50.6. The molecule has 1 N–H and O–H groups in total. The Kier molecular flexibility index (Phi) is 7.54. The van der Waals surface area contributed by atoms with Crippen molar-refractivity contribution in [2.24, 2.45) is 0 Å². The number of fused-ring (bicyclic) bond motifs is 1. The fourth-order valence-electron chi connectivity index (χ4n) is 3.55. The van der Waals surface area contributed by atoms with Crippen LogP contribution in [0.2, 0.25) is 0 Å². The number of alkyl halides is 3. The fourth-order valence-corrected chi connectivity index (χ4v) is 3.55. The molecule has 0 aromatic heterocycles. The lowest BCUT2D eigenvalue weighted by atomic mass is 10.1. The first-order chi connectivity index (χ1) is 16.1. The van der Waals surface area contributed by atoms with Crippen molar-refractivity contribution in [1.29, 1.82) is 0 Å². The second kappa shape index (κ2) is 10.4. The first-order valence-corrected chi connectivity index (χ1v) is 10.2. The number of hydrogen-bond acceptors (Lipinski definition) is 6. The van der Waals surface area contributed by atoms with E-state index in [0.717, 1.165) is 12.0 Å². The van der Waals surface area contributed by atoms with E-state index in [1.807, 2.05) is 0 Å². The number of methoxy groups -OCH3 is 1. The number of para-hydroxylation sites is 1. The van der Waals surface area contributed by atoms with Gasteiger partial charge >= 0.3 is 24.0 Å². The molecule has 0 spiro atoms. The van der Waals surface area contributed by atoms with E-state index in [-0.39, 0.29) is 18.7 Å². The lowest BCUT2D eigenvalue weighted by Gasteiger charge is -2.28. The molecule has 0 unspecified atom stereocenters. The first kappa shape index (κ1) is 24.7.